The highest BCUT2D eigenvalue weighted by Crippen LogP contribution is 2.15. The molecule has 1 aromatic carbocycles. The van der Waals surface area contributed by atoms with Gasteiger partial charge >= 0.3 is 0 Å². The second-order valence-electron chi connectivity index (χ2n) is 5.78. The molecule has 1 fully saturated rings. The lowest BCUT2D eigenvalue weighted by atomic mass is 10.0. The smallest absolute Gasteiger partial charge is 0.220 e. The number of carbonyl (C=O) groups excluding carboxylic acids is 1. The van der Waals surface area contributed by atoms with Gasteiger partial charge in [-0.3, -0.25) is 4.79 Å². The van der Waals surface area contributed by atoms with E-state index in [2.05, 4.69) is 17.3 Å². The van der Waals surface area contributed by atoms with E-state index in [1.807, 2.05) is 30.3 Å². The molecule has 0 bridgehead atoms. The van der Waals surface area contributed by atoms with Crippen molar-refractivity contribution in [3.8, 4) is 0 Å². The number of amides is 1. The molecule has 0 radical (unpaired) electrons. The van der Waals surface area contributed by atoms with Crippen molar-refractivity contribution in [1.29, 1.82) is 0 Å². The van der Waals surface area contributed by atoms with Crippen LogP contribution in [0.4, 0.5) is 0 Å². The van der Waals surface area contributed by atoms with Crippen LogP contribution in [0.3, 0.4) is 0 Å². The van der Waals surface area contributed by atoms with Crippen LogP contribution in [0.1, 0.15) is 30.9 Å². The minimum Gasteiger partial charge on any atom is -0.356 e. The molecule has 4 nitrogen and oxygen atoms in total. The number of hydrogen-bond acceptors (Lipinski definition) is 3. The van der Waals surface area contributed by atoms with Gasteiger partial charge in [-0.05, 0) is 37.9 Å². The van der Waals surface area contributed by atoms with E-state index < -0.39 is 0 Å². The van der Waals surface area contributed by atoms with E-state index in [0.29, 0.717) is 18.8 Å². The molecule has 4 heteroatoms. The molecule has 2 unspecified atom stereocenters. The fourth-order valence-corrected chi connectivity index (χ4v) is 2.69. The Morgan fingerprint density at radius 1 is 1.45 bits per heavy atom. The quantitative estimate of drug-likeness (QED) is 0.828. The van der Waals surface area contributed by atoms with Crippen LogP contribution < -0.4 is 11.1 Å². The molecular formula is C16H25N3O. The Labute approximate surface area is 121 Å². The van der Waals surface area contributed by atoms with Gasteiger partial charge < -0.3 is 16.0 Å². The fraction of sp³-hybridized carbons (Fsp3) is 0.562. The summed E-state index contributed by atoms with van der Waals surface area (Å²) in [6.07, 6.45) is 2.37. The molecule has 0 aliphatic carbocycles. The average Bonchev–Trinajstić information content (AvgIpc) is 2.89. The van der Waals surface area contributed by atoms with Gasteiger partial charge in [0.05, 0.1) is 0 Å². The number of carbonyl (C=O) groups is 1. The molecular weight excluding hydrogens is 250 g/mol. The maximum absolute atomic E-state index is 11.8. The number of rotatable bonds is 6. The highest BCUT2D eigenvalue weighted by atomic mass is 16.1. The van der Waals surface area contributed by atoms with Crippen molar-refractivity contribution in [1.82, 2.24) is 10.2 Å². The third-order valence-corrected chi connectivity index (χ3v) is 3.99. The molecule has 110 valence electrons. The Balaban J connectivity index is 1.65. The van der Waals surface area contributed by atoms with E-state index in [0.717, 1.165) is 25.2 Å². The summed E-state index contributed by atoms with van der Waals surface area (Å²) in [6, 6.07) is 9.90. The van der Waals surface area contributed by atoms with Crippen LogP contribution in [0.15, 0.2) is 30.3 Å². The average molecular weight is 275 g/mol. The monoisotopic (exact) mass is 275 g/mol. The van der Waals surface area contributed by atoms with Gasteiger partial charge in [0.25, 0.3) is 0 Å². The normalized spacial score (nSPS) is 20.8. The molecule has 1 aromatic rings. The van der Waals surface area contributed by atoms with Crippen LogP contribution in [0, 0.1) is 5.92 Å². The van der Waals surface area contributed by atoms with E-state index in [9.17, 15) is 4.79 Å². The van der Waals surface area contributed by atoms with E-state index >= 15 is 0 Å². The molecule has 1 heterocycles. The zero-order chi connectivity index (χ0) is 14.4. The maximum Gasteiger partial charge on any atom is 0.220 e. The zero-order valence-electron chi connectivity index (χ0n) is 12.2. The lowest BCUT2D eigenvalue weighted by Gasteiger charge is -2.14. The van der Waals surface area contributed by atoms with Gasteiger partial charge in [-0.1, -0.05) is 30.3 Å². The van der Waals surface area contributed by atoms with Gasteiger partial charge in [0.15, 0.2) is 0 Å². The summed E-state index contributed by atoms with van der Waals surface area (Å²) in [5, 5.41) is 3.03. The lowest BCUT2D eigenvalue weighted by Crippen LogP contribution is -2.30. The van der Waals surface area contributed by atoms with Crippen molar-refractivity contribution in [2.24, 2.45) is 11.7 Å². The predicted octanol–water partition coefficient (Wildman–Crippen LogP) is 1.53. The molecule has 2 atom stereocenters. The van der Waals surface area contributed by atoms with Crippen molar-refractivity contribution in [2.45, 2.75) is 25.3 Å². The Morgan fingerprint density at radius 2 is 2.20 bits per heavy atom. The van der Waals surface area contributed by atoms with Crippen LogP contribution in [0.5, 0.6) is 0 Å². The number of nitrogens with zero attached hydrogens (tertiary/aromatic N) is 1. The summed E-state index contributed by atoms with van der Waals surface area (Å²) >= 11 is 0. The molecule has 1 aliphatic rings. The highest BCUT2D eigenvalue weighted by molar-refractivity contribution is 5.75. The third-order valence-electron chi connectivity index (χ3n) is 3.99. The number of likely N-dealkylation sites (tertiary alicyclic amines) is 1. The Kier molecular flexibility index (Phi) is 5.56. The summed E-state index contributed by atoms with van der Waals surface area (Å²) in [7, 11) is 2.13. The molecule has 0 aromatic heterocycles. The molecule has 20 heavy (non-hydrogen) atoms. The van der Waals surface area contributed by atoms with Gasteiger partial charge in [-0.2, -0.15) is 0 Å². The number of nitrogens with two attached hydrogens (primary N) is 1. The highest BCUT2D eigenvalue weighted by Gasteiger charge is 2.19. The van der Waals surface area contributed by atoms with Crippen LogP contribution >= 0.6 is 0 Å². The van der Waals surface area contributed by atoms with Crippen molar-refractivity contribution in [3.05, 3.63) is 35.9 Å². The fourth-order valence-electron chi connectivity index (χ4n) is 2.69. The van der Waals surface area contributed by atoms with Crippen molar-refractivity contribution in [3.63, 3.8) is 0 Å². The third kappa shape index (κ3) is 4.62. The van der Waals surface area contributed by atoms with Crippen molar-refractivity contribution in [2.75, 3.05) is 26.7 Å². The van der Waals surface area contributed by atoms with E-state index in [1.165, 1.54) is 6.42 Å². The number of benzene rings is 1. The van der Waals surface area contributed by atoms with Crippen molar-refractivity contribution < 1.29 is 4.79 Å². The van der Waals surface area contributed by atoms with E-state index in [1.54, 1.807) is 0 Å². The summed E-state index contributed by atoms with van der Waals surface area (Å²) in [4.78, 5) is 14.1. The molecule has 1 saturated heterocycles. The molecule has 0 saturated carbocycles. The first kappa shape index (κ1) is 15.0. The second-order valence-corrected chi connectivity index (χ2v) is 5.78. The molecule has 3 N–H and O–H groups in total. The van der Waals surface area contributed by atoms with Gasteiger partial charge in [0.2, 0.25) is 5.91 Å². The van der Waals surface area contributed by atoms with Gasteiger partial charge in [-0.25, -0.2) is 0 Å². The van der Waals surface area contributed by atoms with Crippen LogP contribution in [-0.4, -0.2) is 37.5 Å². The summed E-state index contributed by atoms with van der Waals surface area (Å²) < 4.78 is 0. The summed E-state index contributed by atoms with van der Waals surface area (Å²) in [5.74, 6) is 0.720. The van der Waals surface area contributed by atoms with Gasteiger partial charge in [-0.15, -0.1) is 0 Å². The molecule has 2 rings (SSSR count). The standard InChI is InChI=1S/C16H25N3O/c1-19-10-9-13(12-19)11-18-16(20)8-7-15(17)14-5-3-2-4-6-14/h2-6,13,15H,7-12,17H2,1H3,(H,18,20). The van der Waals surface area contributed by atoms with E-state index in [-0.39, 0.29) is 11.9 Å². The second kappa shape index (κ2) is 7.41. The van der Waals surface area contributed by atoms with Crippen LogP contribution in [0.25, 0.3) is 0 Å². The lowest BCUT2D eigenvalue weighted by molar-refractivity contribution is -0.121. The minimum absolute atomic E-state index is 0.0560. The Hall–Kier alpha value is -1.39. The first-order valence-corrected chi connectivity index (χ1v) is 7.41. The van der Waals surface area contributed by atoms with Gasteiger partial charge in [0, 0.05) is 25.6 Å². The van der Waals surface area contributed by atoms with Crippen LogP contribution in [-0.2, 0) is 4.79 Å². The predicted molar refractivity (Wildman–Crippen MR) is 81.2 cm³/mol. The molecule has 1 amide bonds. The number of hydrogen-bond donors (Lipinski definition) is 2. The first-order valence-electron chi connectivity index (χ1n) is 7.41. The number of nitrogens with one attached hydrogen (secondary N) is 1. The zero-order valence-corrected chi connectivity index (χ0v) is 12.2. The van der Waals surface area contributed by atoms with E-state index in [4.69, 9.17) is 5.73 Å². The summed E-state index contributed by atoms with van der Waals surface area (Å²) in [5.41, 5.74) is 7.19. The summed E-state index contributed by atoms with van der Waals surface area (Å²) in [6.45, 7) is 3.02. The Morgan fingerprint density at radius 3 is 2.85 bits per heavy atom. The molecule has 1 aliphatic heterocycles. The topological polar surface area (TPSA) is 58.4 Å². The molecule has 0 spiro atoms. The SMILES string of the molecule is CN1CCC(CNC(=O)CCC(N)c2ccccc2)C1. The Bertz CT molecular complexity index is 421. The van der Waals surface area contributed by atoms with Crippen LogP contribution in [0.2, 0.25) is 0 Å². The first-order chi connectivity index (χ1) is 9.65. The minimum atomic E-state index is -0.0560. The maximum atomic E-state index is 11.8. The van der Waals surface area contributed by atoms with Crippen molar-refractivity contribution >= 4 is 5.91 Å². The largest absolute Gasteiger partial charge is 0.356 e. The van der Waals surface area contributed by atoms with Gasteiger partial charge in [0.1, 0.15) is 0 Å².